The Labute approximate surface area is 212 Å². The first-order valence-electron chi connectivity index (χ1n) is 12.8. The van der Waals surface area contributed by atoms with Gasteiger partial charge in [0, 0.05) is 23.8 Å². The van der Waals surface area contributed by atoms with Crippen LogP contribution in [0.4, 0.5) is 4.39 Å². The van der Waals surface area contributed by atoms with Crippen LogP contribution < -0.4 is 4.74 Å². The minimum atomic E-state index is -0.697. The van der Waals surface area contributed by atoms with Crippen LogP contribution in [-0.4, -0.2) is 18.2 Å². The Kier molecular flexibility index (Phi) is 6.22. The molecule has 5 rings (SSSR count). The van der Waals surface area contributed by atoms with Crippen molar-refractivity contribution in [1.82, 2.24) is 0 Å². The molecule has 0 radical (unpaired) electrons. The Balaban J connectivity index is 1.39. The molecular formula is C31H35FO4. The second kappa shape index (κ2) is 9.10. The van der Waals surface area contributed by atoms with Gasteiger partial charge >= 0.3 is 5.97 Å². The molecular weight excluding hydrogens is 455 g/mol. The maximum Gasteiger partial charge on any atom is 0.307 e. The highest BCUT2D eigenvalue weighted by Crippen LogP contribution is 2.62. The van der Waals surface area contributed by atoms with Crippen molar-refractivity contribution in [1.29, 1.82) is 0 Å². The standard InChI is InChI=1S/C31H35FO4/c1-30(2,3)16-21-13-19(5-9-24(21)25-14-22(35-4)8-10-28(25)32)18-36-23-7-6-20-11-12-31(26(20)15-23)17-27(31)29(33)34/h5-7,9,13-15,27H,8,10-12,16-18H2,1-4H3,(H,33,34)/t27-,31-/m0/s1. The molecule has 36 heavy (non-hydrogen) atoms. The van der Waals surface area contributed by atoms with Crippen molar-refractivity contribution in [2.45, 2.75) is 71.3 Å². The first-order chi connectivity index (χ1) is 17.1. The first-order valence-corrected chi connectivity index (χ1v) is 12.8. The number of carbonyl (C=O) groups is 1. The fourth-order valence-electron chi connectivity index (χ4n) is 5.97. The largest absolute Gasteiger partial charge is 0.501 e. The third kappa shape index (κ3) is 4.68. The molecule has 3 aliphatic carbocycles. The van der Waals surface area contributed by atoms with Crippen LogP contribution in [0.15, 0.2) is 54.1 Å². The molecule has 1 fully saturated rings. The van der Waals surface area contributed by atoms with E-state index in [2.05, 4.69) is 39.0 Å². The fourth-order valence-corrected chi connectivity index (χ4v) is 5.97. The Morgan fingerprint density at radius 2 is 1.94 bits per heavy atom. The highest BCUT2D eigenvalue weighted by molar-refractivity contribution is 5.79. The number of carboxylic acid groups (broad SMARTS) is 1. The van der Waals surface area contributed by atoms with E-state index >= 15 is 0 Å². The fraction of sp³-hybridized carbons (Fsp3) is 0.452. The van der Waals surface area contributed by atoms with Crippen LogP contribution in [0.2, 0.25) is 0 Å². The van der Waals surface area contributed by atoms with E-state index in [0.717, 1.165) is 59.4 Å². The molecule has 4 nitrogen and oxygen atoms in total. The lowest BCUT2D eigenvalue weighted by Gasteiger charge is -2.23. The van der Waals surface area contributed by atoms with Gasteiger partial charge in [-0.2, -0.15) is 0 Å². The van der Waals surface area contributed by atoms with Crippen LogP contribution >= 0.6 is 0 Å². The van der Waals surface area contributed by atoms with Crippen LogP contribution in [0, 0.1) is 11.3 Å². The van der Waals surface area contributed by atoms with Gasteiger partial charge in [-0.1, -0.05) is 45.0 Å². The van der Waals surface area contributed by atoms with E-state index in [1.807, 2.05) is 24.3 Å². The normalized spacial score (nSPS) is 22.9. The van der Waals surface area contributed by atoms with Crippen LogP contribution in [0.25, 0.3) is 5.57 Å². The van der Waals surface area contributed by atoms with Gasteiger partial charge in [0.15, 0.2) is 0 Å². The number of aliphatic carboxylic acids is 1. The minimum Gasteiger partial charge on any atom is -0.501 e. The van der Waals surface area contributed by atoms with Gasteiger partial charge < -0.3 is 14.6 Å². The van der Waals surface area contributed by atoms with Crippen molar-refractivity contribution in [3.05, 3.63) is 81.9 Å². The summed E-state index contributed by atoms with van der Waals surface area (Å²) >= 11 is 0. The summed E-state index contributed by atoms with van der Waals surface area (Å²) in [6.45, 7) is 6.95. The van der Waals surface area contributed by atoms with E-state index in [9.17, 15) is 14.3 Å². The van der Waals surface area contributed by atoms with Gasteiger partial charge in [-0.3, -0.25) is 4.79 Å². The van der Waals surface area contributed by atoms with E-state index in [1.54, 1.807) is 7.11 Å². The third-order valence-electron chi connectivity index (χ3n) is 7.87. The minimum absolute atomic E-state index is 0.0347. The zero-order chi connectivity index (χ0) is 25.7. The van der Waals surface area contributed by atoms with E-state index in [-0.39, 0.29) is 22.6 Å². The molecule has 5 heteroatoms. The van der Waals surface area contributed by atoms with Gasteiger partial charge in [-0.25, -0.2) is 4.39 Å². The van der Waals surface area contributed by atoms with Crippen molar-refractivity contribution in [3.8, 4) is 5.75 Å². The highest BCUT2D eigenvalue weighted by Gasteiger charge is 2.61. The quantitative estimate of drug-likeness (QED) is 0.448. The summed E-state index contributed by atoms with van der Waals surface area (Å²) in [5, 5.41) is 9.53. The second-order valence-corrected chi connectivity index (χ2v) is 11.7. The number of hydrogen-bond acceptors (Lipinski definition) is 3. The van der Waals surface area contributed by atoms with Gasteiger partial charge in [0.05, 0.1) is 18.8 Å². The molecule has 1 saturated carbocycles. The molecule has 3 aliphatic rings. The van der Waals surface area contributed by atoms with Crippen molar-refractivity contribution in [2.75, 3.05) is 7.11 Å². The van der Waals surface area contributed by atoms with Crippen LogP contribution in [-0.2, 0) is 34.4 Å². The summed E-state index contributed by atoms with van der Waals surface area (Å²) in [6, 6.07) is 12.3. The molecule has 0 unspecified atom stereocenters. The molecule has 0 aromatic heterocycles. The second-order valence-electron chi connectivity index (χ2n) is 11.7. The zero-order valence-electron chi connectivity index (χ0n) is 21.6. The van der Waals surface area contributed by atoms with Gasteiger partial charge in [-0.05, 0) is 77.1 Å². The van der Waals surface area contributed by atoms with Gasteiger partial charge in [-0.15, -0.1) is 0 Å². The Morgan fingerprint density at radius 3 is 2.64 bits per heavy atom. The number of halogens is 1. The third-order valence-corrected chi connectivity index (χ3v) is 7.87. The lowest BCUT2D eigenvalue weighted by molar-refractivity contribution is -0.139. The monoisotopic (exact) mass is 490 g/mol. The number of ether oxygens (including phenoxy) is 2. The van der Waals surface area contributed by atoms with Gasteiger partial charge in [0.2, 0.25) is 0 Å². The summed E-state index contributed by atoms with van der Waals surface area (Å²) in [7, 11) is 1.63. The smallest absolute Gasteiger partial charge is 0.307 e. The molecule has 0 heterocycles. The highest BCUT2D eigenvalue weighted by atomic mass is 19.1. The average Bonchev–Trinajstić information content (AvgIpc) is 3.47. The number of methoxy groups -OCH3 is 1. The van der Waals surface area contributed by atoms with Gasteiger partial charge in [0.25, 0.3) is 0 Å². The number of hydrogen-bond donors (Lipinski definition) is 1. The van der Waals surface area contributed by atoms with E-state index in [0.29, 0.717) is 25.0 Å². The first kappa shape index (κ1) is 24.6. The molecule has 2 aromatic carbocycles. The van der Waals surface area contributed by atoms with Crippen LogP contribution in [0.1, 0.15) is 74.3 Å². The molecule has 1 N–H and O–H groups in total. The molecule has 0 amide bonds. The average molecular weight is 491 g/mol. The predicted molar refractivity (Wildman–Crippen MR) is 138 cm³/mol. The molecule has 1 spiro atoms. The van der Waals surface area contributed by atoms with E-state index in [1.165, 1.54) is 5.56 Å². The van der Waals surface area contributed by atoms with Crippen molar-refractivity contribution in [2.24, 2.45) is 11.3 Å². The summed E-state index contributed by atoms with van der Waals surface area (Å²) in [6.07, 6.45) is 6.15. The Morgan fingerprint density at radius 1 is 1.14 bits per heavy atom. The number of rotatable bonds is 7. The van der Waals surface area contributed by atoms with Crippen LogP contribution in [0.3, 0.4) is 0 Å². The number of aryl methyl sites for hydroxylation is 1. The Hall–Kier alpha value is -3.08. The molecule has 0 saturated heterocycles. The lowest BCUT2D eigenvalue weighted by atomic mass is 9.83. The van der Waals surface area contributed by atoms with Crippen molar-refractivity contribution in [3.63, 3.8) is 0 Å². The SMILES string of the molecule is COC1=CC(c2ccc(COc3ccc4c(c3)[C@]3(CC4)C[C@H]3C(=O)O)cc2CC(C)(C)C)=C(F)CC1. The summed E-state index contributed by atoms with van der Waals surface area (Å²) in [5.74, 6) is 0.500. The zero-order valence-corrected chi connectivity index (χ0v) is 21.6. The summed E-state index contributed by atoms with van der Waals surface area (Å²) < 4.78 is 26.5. The number of benzene rings is 2. The number of fused-ring (bicyclic) bond motifs is 2. The molecule has 190 valence electrons. The molecule has 0 aliphatic heterocycles. The summed E-state index contributed by atoms with van der Waals surface area (Å²) in [5.41, 5.74) is 5.88. The van der Waals surface area contributed by atoms with E-state index in [4.69, 9.17) is 9.47 Å². The predicted octanol–water partition coefficient (Wildman–Crippen LogP) is 7.15. The number of carboxylic acids is 1. The maximum absolute atomic E-state index is 14.9. The Bertz CT molecular complexity index is 1270. The van der Waals surface area contributed by atoms with Crippen molar-refractivity contribution >= 4 is 11.5 Å². The van der Waals surface area contributed by atoms with Gasteiger partial charge in [0.1, 0.15) is 18.2 Å². The van der Waals surface area contributed by atoms with Crippen LogP contribution in [0.5, 0.6) is 5.75 Å². The molecule has 0 bridgehead atoms. The maximum atomic E-state index is 14.9. The van der Waals surface area contributed by atoms with Crippen molar-refractivity contribution < 1.29 is 23.8 Å². The lowest BCUT2D eigenvalue weighted by Crippen LogP contribution is -2.12. The number of allylic oxidation sites excluding steroid dienone is 4. The molecule has 2 aromatic rings. The topological polar surface area (TPSA) is 55.8 Å². The summed E-state index contributed by atoms with van der Waals surface area (Å²) in [4.78, 5) is 11.6. The molecule has 2 atom stereocenters. The van der Waals surface area contributed by atoms with E-state index < -0.39 is 5.97 Å².